The minimum atomic E-state index is -2.39. The summed E-state index contributed by atoms with van der Waals surface area (Å²) in [6.07, 6.45) is -2.39. The summed E-state index contributed by atoms with van der Waals surface area (Å²) in [6.45, 7) is 6.16. The summed E-state index contributed by atoms with van der Waals surface area (Å²) < 4.78 is 24.6. The Morgan fingerprint density at radius 3 is 2.56 bits per heavy atom. The van der Waals surface area contributed by atoms with Crippen molar-refractivity contribution < 1.29 is 8.78 Å². The van der Waals surface area contributed by atoms with Crippen molar-refractivity contribution in [3.05, 3.63) is 17.5 Å². The van der Waals surface area contributed by atoms with Crippen LogP contribution in [-0.4, -0.2) is 36.0 Å². The molecule has 6 heteroatoms. The molecule has 18 heavy (non-hydrogen) atoms. The van der Waals surface area contributed by atoms with Gasteiger partial charge in [0, 0.05) is 25.3 Å². The van der Waals surface area contributed by atoms with Crippen molar-refractivity contribution in [2.24, 2.45) is 0 Å². The first-order chi connectivity index (χ1) is 8.38. The standard InChI is InChI=1S/C12H20F2N4/c1-8(2)15-6-10-5-9(3)16-12(17-10)18(4)7-11(13)14/h5,8,11,15H,6-7H2,1-4H3. The minimum absolute atomic E-state index is 0.343. The SMILES string of the molecule is Cc1cc(CNC(C)C)nc(N(C)CC(F)F)n1. The number of anilines is 1. The Labute approximate surface area is 106 Å². The van der Waals surface area contributed by atoms with Gasteiger partial charge >= 0.3 is 0 Å². The summed E-state index contributed by atoms with van der Waals surface area (Å²) in [4.78, 5) is 9.82. The molecule has 1 aromatic rings. The first kappa shape index (κ1) is 14.8. The fourth-order valence-corrected chi connectivity index (χ4v) is 1.48. The number of rotatable bonds is 6. The first-order valence-electron chi connectivity index (χ1n) is 5.95. The molecule has 0 saturated carbocycles. The van der Waals surface area contributed by atoms with Crippen LogP contribution >= 0.6 is 0 Å². The summed E-state index contributed by atoms with van der Waals surface area (Å²) in [5.41, 5.74) is 1.59. The molecular formula is C12H20F2N4. The Bertz CT molecular complexity index is 382. The molecule has 102 valence electrons. The smallest absolute Gasteiger partial charge is 0.255 e. The highest BCUT2D eigenvalue weighted by atomic mass is 19.3. The molecule has 1 heterocycles. The highest BCUT2D eigenvalue weighted by Crippen LogP contribution is 2.10. The van der Waals surface area contributed by atoms with Gasteiger partial charge in [0.15, 0.2) is 0 Å². The van der Waals surface area contributed by atoms with E-state index < -0.39 is 6.43 Å². The number of nitrogens with zero attached hydrogens (tertiary/aromatic N) is 3. The van der Waals surface area contributed by atoms with E-state index in [-0.39, 0.29) is 6.54 Å². The Kier molecular flexibility index (Phi) is 5.40. The van der Waals surface area contributed by atoms with Gasteiger partial charge in [0.1, 0.15) is 0 Å². The van der Waals surface area contributed by atoms with Gasteiger partial charge in [0.25, 0.3) is 6.43 Å². The van der Waals surface area contributed by atoms with Crippen LogP contribution in [0.2, 0.25) is 0 Å². The molecule has 1 rings (SSSR count). The van der Waals surface area contributed by atoms with Gasteiger partial charge in [0.05, 0.1) is 12.2 Å². The van der Waals surface area contributed by atoms with Crippen LogP contribution in [0.5, 0.6) is 0 Å². The molecule has 0 bridgehead atoms. The average molecular weight is 258 g/mol. The second-order valence-electron chi connectivity index (χ2n) is 4.61. The predicted molar refractivity (Wildman–Crippen MR) is 68.0 cm³/mol. The molecule has 0 aliphatic heterocycles. The number of hydrogen-bond donors (Lipinski definition) is 1. The second kappa shape index (κ2) is 6.58. The number of halogens is 2. The van der Waals surface area contributed by atoms with Crippen LogP contribution in [0.1, 0.15) is 25.2 Å². The lowest BCUT2D eigenvalue weighted by molar-refractivity contribution is 0.156. The Balaban J connectivity index is 2.79. The van der Waals surface area contributed by atoms with Crippen LogP contribution in [0, 0.1) is 6.92 Å². The Morgan fingerprint density at radius 1 is 1.33 bits per heavy atom. The van der Waals surface area contributed by atoms with E-state index in [2.05, 4.69) is 15.3 Å². The predicted octanol–water partition coefficient (Wildman–Crippen LogP) is 1.98. The quantitative estimate of drug-likeness (QED) is 0.847. The zero-order valence-electron chi connectivity index (χ0n) is 11.2. The lowest BCUT2D eigenvalue weighted by atomic mass is 10.3. The summed E-state index contributed by atoms with van der Waals surface area (Å²) in [6, 6.07) is 2.21. The summed E-state index contributed by atoms with van der Waals surface area (Å²) in [7, 11) is 1.57. The molecule has 0 aliphatic rings. The van der Waals surface area contributed by atoms with Gasteiger partial charge in [-0.3, -0.25) is 0 Å². The zero-order valence-corrected chi connectivity index (χ0v) is 11.2. The van der Waals surface area contributed by atoms with Gasteiger partial charge in [-0.05, 0) is 13.0 Å². The molecule has 0 amide bonds. The lowest BCUT2D eigenvalue weighted by Gasteiger charge is -2.18. The van der Waals surface area contributed by atoms with Crippen LogP contribution in [0.25, 0.3) is 0 Å². The van der Waals surface area contributed by atoms with Gasteiger partial charge in [-0.15, -0.1) is 0 Å². The van der Waals surface area contributed by atoms with Gasteiger partial charge in [-0.2, -0.15) is 0 Å². The minimum Gasteiger partial charge on any atom is -0.338 e. The van der Waals surface area contributed by atoms with Crippen LogP contribution in [0.3, 0.4) is 0 Å². The third-order valence-corrected chi connectivity index (χ3v) is 2.34. The number of aryl methyl sites for hydroxylation is 1. The normalized spacial score (nSPS) is 11.3. The molecule has 1 N–H and O–H groups in total. The molecule has 0 aliphatic carbocycles. The van der Waals surface area contributed by atoms with Crippen molar-refractivity contribution in [1.29, 1.82) is 0 Å². The monoisotopic (exact) mass is 258 g/mol. The summed E-state index contributed by atoms with van der Waals surface area (Å²) >= 11 is 0. The molecule has 0 radical (unpaired) electrons. The van der Waals surface area contributed by atoms with Crippen molar-refractivity contribution in [3.63, 3.8) is 0 Å². The first-order valence-corrected chi connectivity index (χ1v) is 5.95. The maximum Gasteiger partial charge on any atom is 0.255 e. The lowest BCUT2D eigenvalue weighted by Crippen LogP contribution is -2.27. The number of hydrogen-bond acceptors (Lipinski definition) is 4. The van der Waals surface area contributed by atoms with Gasteiger partial charge in [-0.1, -0.05) is 13.8 Å². The Hall–Kier alpha value is -1.30. The van der Waals surface area contributed by atoms with Crippen LogP contribution in [0.15, 0.2) is 6.07 Å². The summed E-state index contributed by atoms with van der Waals surface area (Å²) in [5.74, 6) is 0.343. The van der Waals surface area contributed by atoms with E-state index in [9.17, 15) is 8.78 Å². The van der Waals surface area contributed by atoms with Crippen LogP contribution in [0.4, 0.5) is 14.7 Å². The zero-order chi connectivity index (χ0) is 13.7. The van der Waals surface area contributed by atoms with Crippen molar-refractivity contribution in [3.8, 4) is 0 Å². The molecule has 4 nitrogen and oxygen atoms in total. The average Bonchev–Trinajstić information content (AvgIpc) is 2.24. The number of aromatic nitrogens is 2. The number of alkyl halides is 2. The van der Waals surface area contributed by atoms with E-state index in [0.717, 1.165) is 11.4 Å². The fourth-order valence-electron chi connectivity index (χ4n) is 1.48. The molecule has 0 saturated heterocycles. The van der Waals surface area contributed by atoms with Crippen molar-refractivity contribution in [2.45, 2.75) is 39.8 Å². The molecule has 0 atom stereocenters. The van der Waals surface area contributed by atoms with Crippen LogP contribution in [-0.2, 0) is 6.54 Å². The number of nitrogens with one attached hydrogen (secondary N) is 1. The van der Waals surface area contributed by atoms with E-state index in [1.54, 1.807) is 7.05 Å². The van der Waals surface area contributed by atoms with E-state index >= 15 is 0 Å². The van der Waals surface area contributed by atoms with Gasteiger partial charge < -0.3 is 10.2 Å². The maximum absolute atomic E-state index is 12.3. The highest BCUT2D eigenvalue weighted by molar-refractivity contribution is 5.31. The molecule has 0 aromatic carbocycles. The maximum atomic E-state index is 12.3. The van der Waals surface area contributed by atoms with Crippen LogP contribution < -0.4 is 10.2 Å². The second-order valence-corrected chi connectivity index (χ2v) is 4.61. The topological polar surface area (TPSA) is 41.1 Å². The van der Waals surface area contributed by atoms with Gasteiger partial charge in [0.2, 0.25) is 5.95 Å². The van der Waals surface area contributed by atoms with Crippen molar-refractivity contribution in [2.75, 3.05) is 18.5 Å². The summed E-state index contributed by atoms with van der Waals surface area (Å²) in [5, 5.41) is 3.24. The van der Waals surface area contributed by atoms with Gasteiger partial charge in [-0.25, -0.2) is 18.7 Å². The fraction of sp³-hybridized carbons (Fsp3) is 0.667. The third-order valence-electron chi connectivity index (χ3n) is 2.34. The van der Waals surface area contributed by atoms with E-state index in [1.165, 1.54) is 4.90 Å². The molecule has 1 aromatic heterocycles. The molecule has 0 spiro atoms. The molecule has 0 unspecified atom stereocenters. The molecule has 0 fully saturated rings. The largest absolute Gasteiger partial charge is 0.338 e. The highest BCUT2D eigenvalue weighted by Gasteiger charge is 2.12. The molecular weight excluding hydrogens is 238 g/mol. The van der Waals surface area contributed by atoms with Crippen molar-refractivity contribution >= 4 is 5.95 Å². The van der Waals surface area contributed by atoms with E-state index in [4.69, 9.17) is 0 Å². The third kappa shape index (κ3) is 4.91. The van der Waals surface area contributed by atoms with E-state index in [1.807, 2.05) is 26.8 Å². The van der Waals surface area contributed by atoms with E-state index in [0.29, 0.717) is 18.5 Å². The van der Waals surface area contributed by atoms with Crippen molar-refractivity contribution in [1.82, 2.24) is 15.3 Å². The Morgan fingerprint density at radius 2 is 2.00 bits per heavy atom.